The summed E-state index contributed by atoms with van der Waals surface area (Å²) in [5.74, 6) is 0.228. The van der Waals surface area contributed by atoms with Crippen molar-refractivity contribution >= 4 is 71.8 Å². The monoisotopic (exact) mass is 565 g/mol. The van der Waals surface area contributed by atoms with Crippen LogP contribution < -0.4 is 25.6 Å². The van der Waals surface area contributed by atoms with E-state index < -0.39 is 11.8 Å². The molecule has 31 heavy (non-hydrogen) atoms. The smallest absolute Gasteiger partial charge is 0.269 e. The van der Waals surface area contributed by atoms with Gasteiger partial charge in [0.2, 0.25) is 0 Å². The zero-order valence-corrected chi connectivity index (χ0v) is 20.2. The van der Waals surface area contributed by atoms with Crippen molar-refractivity contribution in [1.29, 1.82) is 0 Å². The molecule has 3 aromatic rings. The van der Waals surface area contributed by atoms with Gasteiger partial charge in [-0.2, -0.15) is 0 Å². The number of hydrogen-bond acceptors (Lipinski definition) is 5. The summed E-state index contributed by atoms with van der Waals surface area (Å²) in [4.78, 5) is 24.3. The Hall–Kier alpha value is -2.69. The summed E-state index contributed by atoms with van der Waals surface area (Å²) >= 11 is 11.9. The van der Waals surface area contributed by atoms with Gasteiger partial charge in [0.05, 0.1) is 16.1 Å². The van der Waals surface area contributed by atoms with E-state index in [0.717, 1.165) is 15.2 Å². The molecule has 3 rings (SSSR count). The number of nitrogens with one attached hydrogen (secondary N) is 3. The molecule has 0 aromatic heterocycles. The maximum absolute atomic E-state index is 12.2. The highest BCUT2D eigenvalue weighted by molar-refractivity contribution is 9.11. The Labute approximate surface area is 200 Å². The molecule has 0 radical (unpaired) electrons. The van der Waals surface area contributed by atoms with Gasteiger partial charge in [-0.1, -0.05) is 30.3 Å². The van der Waals surface area contributed by atoms with Crippen LogP contribution in [-0.2, 0) is 4.79 Å². The molecule has 10 heteroatoms. The lowest BCUT2D eigenvalue weighted by atomic mass is 10.1. The SMILES string of the molecule is COc1ccc(C(=O)NNC(=S)NC(=O)COc2ccc3ccccc3c2Br)cc1Br. The van der Waals surface area contributed by atoms with E-state index >= 15 is 0 Å². The van der Waals surface area contributed by atoms with Crippen molar-refractivity contribution in [3.8, 4) is 11.5 Å². The minimum Gasteiger partial charge on any atom is -0.496 e. The Balaban J connectivity index is 1.48. The number of hydrazine groups is 1. The van der Waals surface area contributed by atoms with Crippen LogP contribution in [0.3, 0.4) is 0 Å². The molecule has 0 spiro atoms. The number of methoxy groups -OCH3 is 1. The summed E-state index contributed by atoms with van der Waals surface area (Å²) in [5, 5.41) is 4.41. The second-order valence-electron chi connectivity index (χ2n) is 6.19. The largest absolute Gasteiger partial charge is 0.496 e. The number of carbonyl (C=O) groups is 2. The van der Waals surface area contributed by atoms with Gasteiger partial charge in [0.25, 0.3) is 11.8 Å². The van der Waals surface area contributed by atoms with Crippen molar-refractivity contribution < 1.29 is 19.1 Å². The van der Waals surface area contributed by atoms with Crippen LogP contribution >= 0.6 is 44.1 Å². The van der Waals surface area contributed by atoms with E-state index in [-0.39, 0.29) is 11.7 Å². The fourth-order valence-electron chi connectivity index (χ4n) is 2.66. The van der Waals surface area contributed by atoms with Crippen LogP contribution in [0.1, 0.15) is 10.4 Å². The van der Waals surface area contributed by atoms with Crippen molar-refractivity contribution in [2.24, 2.45) is 0 Å². The lowest BCUT2D eigenvalue weighted by Crippen LogP contribution is -2.49. The first-order chi connectivity index (χ1) is 14.9. The third-order valence-corrected chi connectivity index (χ3v) is 5.78. The average molecular weight is 567 g/mol. The van der Waals surface area contributed by atoms with E-state index in [1.165, 1.54) is 7.11 Å². The minimum absolute atomic E-state index is 0.0629. The Kier molecular flexibility index (Phi) is 7.83. The van der Waals surface area contributed by atoms with Gasteiger partial charge in [0.1, 0.15) is 11.5 Å². The van der Waals surface area contributed by atoms with Crippen LogP contribution in [0.5, 0.6) is 11.5 Å². The van der Waals surface area contributed by atoms with E-state index in [2.05, 4.69) is 48.0 Å². The Morgan fingerprint density at radius 3 is 2.48 bits per heavy atom. The molecule has 7 nitrogen and oxygen atoms in total. The number of halogens is 2. The van der Waals surface area contributed by atoms with Crippen LogP contribution in [0.4, 0.5) is 0 Å². The topological polar surface area (TPSA) is 88.7 Å². The number of hydrogen-bond donors (Lipinski definition) is 3. The fourth-order valence-corrected chi connectivity index (χ4v) is 3.97. The third-order valence-electron chi connectivity index (χ3n) is 4.14. The zero-order valence-electron chi connectivity index (χ0n) is 16.2. The number of carbonyl (C=O) groups excluding carboxylic acids is 2. The summed E-state index contributed by atoms with van der Waals surface area (Å²) < 4.78 is 12.1. The van der Waals surface area contributed by atoms with Gasteiger partial charge in [0, 0.05) is 5.56 Å². The molecule has 0 aliphatic carbocycles. The molecular weight excluding hydrogens is 550 g/mol. The summed E-state index contributed by atoms with van der Waals surface area (Å²) in [6.45, 7) is -0.252. The lowest BCUT2D eigenvalue weighted by molar-refractivity contribution is -0.121. The first-order valence-electron chi connectivity index (χ1n) is 8.93. The highest BCUT2D eigenvalue weighted by Crippen LogP contribution is 2.33. The van der Waals surface area contributed by atoms with Crippen LogP contribution in [0.2, 0.25) is 0 Å². The second kappa shape index (κ2) is 10.6. The molecule has 0 atom stereocenters. The first kappa shape index (κ1) is 23.0. The molecule has 0 aliphatic heterocycles. The number of rotatable bonds is 5. The molecule has 0 aliphatic rings. The number of benzene rings is 3. The van der Waals surface area contributed by atoms with Gasteiger partial charge >= 0.3 is 0 Å². The Bertz CT molecular complexity index is 1160. The number of thiocarbonyl (C=S) groups is 1. The van der Waals surface area contributed by atoms with E-state index in [1.807, 2.05) is 30.3 Å². The quantitative estimate of drug-likeness (QED) is 0.318. The second-order valence-corrected chi connectivity index (χ2v) is 8.25. The van der Waals surface area contributed by atoms with Crippen molar-refractivity contribution in [3.63, 3.8) is 0 Å². The summed E-state index contributed by atoms with van der Waals surface area (Å²) in [6, 6.07) is 16.4. The van der Waals surface area contributed by atoms with Crippen LogP contribution in [0.15, 0.2) is 63.5 Å². The van der Waals surface area contributed by atoms with Gasteiger partial charge in [-0.05, 0) is 79.1 Å². The van der Waals surface area contributed by atoms with Crippen LogP contribution in [0, 0.1) is 0 Å². The van der Waals surface area contributed by atoms with E-state index in [9.17, 15) is 9.59 Å². The van der Waals surface area contributed by atoms with Crippen LogP contribution in [-0.4, -0.2) is 30.6 Å². The molecular formula is C21H17Br2N3O4S. The third kappa shape index (κ3) is 5.93. The summed E-state index contributed by atoms with van der Waals surface area (Å²) in [7, 11) is 1.53. The molecule has 0 saturated carbocycles. The molecule has 3 N–H and O–H groups in total. The highest BCUT2D eigenvalue weighted by Gasteiger charge is 2.12. The number of fused-ring (bicyclic) bond motifs is 1. The molecule has 0 fully saturated rings. The Morgan fingerprint density at radius 1 is 1.00 bits per heavy atom. The number of amides is 2. The van der Waals surface area contributed by atoms with E-state index in [4.69, 9.17) is 21.7 Å². The average Bonchev–Trinajstić information content (AvgIpc) is 2.77. The maximum atomic E-state index is 12.2. The predicted octanol–water partition coefficient (Wildman–Crippen LogP) is 4.09. The standard InChI is InChI=1S/C21H17Br2N3O4S/c1-29-16-8-7-13(10-15(16)22)20(28)25-26-21(31)24-18(27)11-30-17-9-6-12-4-2-3-5-14(12)19(17)23/h2-10H,11H2,1H3,(H,25,28)(H2,24,26,27,31). The van der Waals surface area contributed by atoms with Gasteiger partial charge in [0.15, 0.2) is 11.7 Å². The van der Waals surface area contributed by atoms with Gasteiger partial charge in [-0.3, -0.25) is 25.8 Å². The predicted molar refractivity (Wildman–Crippen MR) is 129 cm³/mol. The van der Waals surface area contributed by atoms with Gasteiger partial charge in [-0.25, -0.2) is 0 Å². The maximum Gasteiger partial charge on any atom is 0.269 e. The lowest BCUT2D eigenvalue weighted by Gasteiger charge is -2.13. The minimum atomic E-state index is -0.473. The summed E-state index contributed by atoms with van der Waals surface area (Å²) in [5.41, 5.74) is 5.27. The summed E-state index contributed by atoms with van der Waals surface area (Å²) in [6.07, 6.45) is 0. The van der Waals surface area contributed by atoms with Crippen LogP contribution in [0.25, 0.3) is 10.8 Å². The van der Waals surface area contributed by atoms with Crippen molar-refractivity contribution in [1.82, 2.24) is 16.2 Å². The van der Waals surface area contributed by atoms with Crippen molar-refractivity contribution in [2.75, 3.05) is 13.7 Å². The number of ether oxygens (including phenoxy) is 2. The molecule has 0 heterocycles. The molecule has 0 bridgehead atoms. The van der Waals surface area contributed by atoms with Gasteiger partial charge in [-0.15, -0.1) is 0 Å². The fraction of sp³-hybridized carbons (Fsp3) is 0.0952. The highest BCUT2D eigenvalue weighted by atomic mass is 79.9. The Morgan fingerprint density at radius 2 is 1.74 bits per heavy atom. The van der Waals surface area contributed by atoms with Crippen molar-refractivity contribution in [3.05, 3.63) is 69.1 Å². The van der Waals surface area contributed by atoms with E-state index in [1.54, 1.807) is 24.3 Å². The van der Waals surface area contributed by atoms with Gasteiger partial charge < -0.3 is 9.47 Å². The van der Waals surface area contributed by atoms with Crippen molar-refractivity contribution in [2.45, 2.75) is 0 Å². The first-order valence-corrected chi connectivity index (χ1v) is 10.9. The molecule has 0 unspecified atom stereocenters. The molecule has 0 saturated heterocycles. The zero-order chi connectivity index (χ0) is 22.4. The molecule has 2 amide bonds. The normalized spacial score (nSPS) is 10.3. The molecule has 3 aromatic carbocycles. The van der Waals surface area contributed by atoms with E-state index in [0.29, 0.717) is 21.5 Å². The molecule has 160 valence electrons.